The molecular weight excluding hydrogens is 641 g/mol. The number of hydrogen-bond donors (Lipinski definition) is 0. The van der Waals surface area contributed by atoms with E-state index < -0.39 is 5.60 Å². The molecule has 2 aliphatic rings. The Morgan fingerprint density at radius 3 is 1.85 bits per heavy atom. The minimum absolute atomic E-state index is 0.784. The summed E-state index contributed by atoms with van der Waals surface area (Å²) in [6, 6.07) is 57.6. The molecule has 0 saturated carbocycles. The van der Waals surface area contributed by atoms with Gasteiger partial charge in [0.1, 0.15) is 5.75 Å². The van der Waals surface area contributed by atoms with Crippen LogP contribution in [0.2, 0.25) is 0 Å². The van der Waals surface area contributed by atoms with Crippen molar-refractivity contribution in [2.24, 2.45) is 0 Å². The summed E-state index contributed by atoms with van der Waals surface area (Å²) in [6.45, 7) is 19.4. The quantitative estimate of drug-likeness (QED) is 0.132. The van der Waals surface area contributed by atoms with E-state index in [1.165, 1.54) is 38.6 Å². The summed E-state index contributed by atoms with van der Waals surface area (Å²) in [7, 11) is 0. The number of aryl methyl sites for hydroxylation is 1. The average molecular weight is 685 g/mol. The van der Waals surface area contributed by atoms with E-state index in [1.54, 1.807) is 0 Å². The molecule has 1 heteroatoms. The first-order valence-corrected chi connectivity index (χ1v) is 18.2. The zero-order valence-corrected chi connectivity index (χ0v) is 30.6. The molecule has 7 aromatic rings. The van der Waals surface area contributed by atoms with Crippen LogP contribution in [0.3, 0.4) is 0 Å². The zero-order valence-electron chi connectivity index (χ0n) is 30.6. The van der Waals surface area contributed by atoms with Gasteiger partial charge in [-0.3, -0.25) is 0 Å². The second kappa shape index (κ2) is 15.0. The largest absolute Gasteiger partial charge is 0.472 e. The highest BCUT2D eigenvalue weighted by atomic mass is 16.5. The Balaban J connectivity index is 0.000000262. The molecule has 0 N–H and O–H groups in total. The van der Waals surface area contributed by atoms with Crippen molar-refractivity contribution < 1.29 is 4.74 Å². The fraction of sp³-hybridized carbons (Fsp3) is 0.0769. The number of rotatable bonds is 4. The van der Waals surface area contributed by atoms with E-state index in [9.17, 15) is 0 Å². The van der Waals surface area contributed by atoms with Gasteiger partial charge >= 0.3 is 0 Å². The first-order chi connectivity index (χ1) is 26.0. The van der Waals surface area contributed by atoms with Crippen LogP contribution in [0.25, 0.3) is 38.6 Å². The topological polar surface area (TPSA) is 9.23 Å². The Morgan fingerprint density at radius 1 is 0.585 bits per heavy atom. The molecule has 0 bridgehead atoms. The van der Waals surface area contributed by atoms with Gasteiger partial charge in [0.2, 0.25) is 0 Å². The summed E-state index contributed by atoms with van der Waals surface area (Å²) in [5, 5.41) is 2.74. The molecule has 1 nitrogen and oxygen atoms in total. The van der Waals surface area contributed by atoms with E-state index in [4.69, 9.17) is 4.74 Å². The van der Waals surface area contributed by atoms with Gasteiger partial charge in [-0.2, -0.15) is 0 Å². The molecule has 1 aliphatic heterocycles. The molecule has 53 heavy (non-hydrogen) atoms. The molecule has 0 amide bonds. The standard InChI is InChI=1S/C38H28O.C12H12.C2H4/c1-25(28-13-5-4-6-14-28)23-26(2)29-21-22-36-33(24-29)27(3)30-15-9-12-20-37(30)39-38(36)34-18-10-7-16-31(34)32-17-8-11-19-35(32)38;1-2-10-7-5-8-11-6-3-4-9-12(10)11;1-2/h4-24H,2-3H2,1H3;3-9H,2H2,1H3;1-2H2/b25-23+;;. The summed E-state index contributed by atoms with van der Waals surface area (Å²) in [5.41, 5.74) is 13.9. The van der Waals surface area contributed by atoms with Gasteiger partial charge in [-0.1, -0.05) is 178 Å². The van der Waals surface area contributed by atoms with Gasteiger partial charge in [-0.15, -0.1) is 13.2 Å². The number of hydrogen-bond acceptors (Lipinski definition) is 1. The zero-order chi connectivity index (χ0) is 37.0. The van der Waals surface area contributed by atoms with E-state index in [-0.39, 0.29) is 0 Å². The second-order valence-corrected chi connectivity index (χ2v) is 13.3. The van der Waals surface area contributed by atoms with Crippen molar-refractivity contribution in [2.45, 2.75) is 25.9 Å². The van der Waals surface area contributed by atoms with Crippen LogP contribution in [0.1, 0.15) is 58.4 Å². The normalized spacial score (nSPS) is 13.1. The van der Waals surface area contributed by atoms with Crippen molar-refractivity contribution in [2.75, 3.05) is 0 Å². The molecule has 0 atom stereocenters. The lowest BCUT2D eigenvalue weighted by atomic mass is 9.79. The van der Waals surface area contributed by atoms with Gasteiger partial charge in [-0.05, 0) is 86.3 Å². The van der Waals surface area contributed by atoms with E-state index in [0.717, 1.165) is 56.7 Å². The Morgan fingerprint density at radius 2 is 1.15 bits per heavy atom. The monoisotopic (exact) mass is 684 g/mol. The highest BCUT2D eigenvalue weighted by molar-refractivity contribution is 5.92. The average Bonchev–Trinajstić information content (AvgIpc) is 3.45. The maximum absolute atomic E-state index is 7.18. The Bertz CT molecular complexity index is 2450. The first-order valence-electron chi connectivity index (χ1n) is 18.2. The Kier molecular flexibility index (Phi) is 9.93. The maximum Gasteiger partial charge on any atom is 0.186 e. The number of fused-ring (bicyclic) bond motifs is 9. The van der Waals surface area contributed by atoms with Crippen molar-refractivity contribution in [3.05, 3.63) is 241 Å². The smallest absolute Gasteiger partial charge is 0.186 e. The van der Waals surface area contributed by atoms with Crippen LogP contribution >= 0.6 is 0 Å². The van der Waals surface area contributed by atoms with Crippen LogP contribution in [-0.4, -0.2) is 0 Å². The molecule has 9 rings (SSSR count). The lowest BCUT2D eigenvalue weighted by Crippen LogP contribution is -2.34. The van der Waals surface area contributed by atoms with Gasteiger partial charge < -0.3 is 4.74 Å². The van der Waals surface area contributed by atoms with Crippen molar-refractivity contribution in [1.29, 1.82) is 0 Å². The van der Waals surface area contributed by atoms with Gasteiger partial charge in [0.15, 0.2) is 5.60 Å². The van der Waals surface area contributed by atoms with Crippen molar-refractivity contribution >= 4 is 27.5 Å². The third kappa shape index (κ3) is 6.26. The SMILES string of the molecule is C=C.C=C(/C=C(\C)c1ccccc1)c1ccc2c(c1)C(=C)c1ccccc1OC21c2ccccc2-c2ccccc21.CCc1cccc2ccccc12. The first kappa shape index (κ1) is 35.0. The molecule has 0 fully saturated rings. The predicted molar refractivity (Wildman–Crippen MR) is 227 cm³/mol. The lowest BCUT2D eigenvalue weighted by Gasteiger charge is -2.33. The third-order valence-electron chi connectivity index (χ3n) is 10.4. The molecule has 1 aliphatic carbocycles. The summed E-state index contributed by atoms with van der Waals surface area (Å²) < 4.78 is 7.18. The molecule has 0 radical (unpaired) electrons. The van der Waals surface area contributed by atoms with E-state index >= 15 is 0 Å². The molecule has 0 saturated heterocycles. The number of ether oxygens (including phenoxy) is 1. The summed E-state index contributed by atoms with van der Waals surface area (Å²) in [6.07, 6.45) is 3.28. The van der Waals surface area contributed by atoms with Gasteiger partial charge in [0, 0.05) is 22.3 Å². The highest BCUT2D eigenvalue weighted by Gasteiger charge is 2.49. The third-order valence-corrected chi connectivity index (χ3v) is 10.4. The Labute approximate surface area is 314 Å². The van der Waals surface area contributed by atoms with Crippen LogP contribution in [0.5, 0.6) is 5.75 Å². The molecule has 0 aromatic heterocycles. The summed E-state index contributed by atoms with van der Waals surface area (Å²) in [5.74, 6) is 0.838. The van der Waals surface area contributed by atoms with Crippen molar-refractivity contribution in [1.82, 2.24) is 0 Å². The minimum atomic E-state index is -0.784. The van der Waals surface area contributed by atoms with Gasteiger partial charge in [-0.25, -0.2) is 0 Å². The number of para-hydroxylation sites is 1. The summed E-state index contributed by atoms with van der Waals surface area (Å²) in [4.78, 5) is 0. The number of allylic oxidation sites excluding steroid dienone is 3. The van der Waals surface area contributed by atoms with Crippen LogP contribution in [-0.2, 0) is 12.0 Å². The molecular formula is C52H44O. The van der Waals surface area contributed by atoms with E-state index in [1.807, 2.05) is 12.1 Å². The maximum atomic E-state index is 7.18. The molecule has 258 valence electrons. The Hall–Kier alpha value is -6.44. The molecule has 1 heterocycles. The molecule has 1 spiro atoms. The lowest BCUT2D eigenvalue weighted by molar-refractivity contribution is 0.161. The van der Waals surface area contributed by atoms with Crippen molar-refractivity contribution in [3.63, 3.8) is 0 Å². The fourth-order valence-corrected chi connectivity index (χ4v) is 7.80. The highest BCUT2D eigenvalue weighted by Crippen LogP contribution is 2.57. The predicted octanol–water partition coefficient (Wildman–Crippen LogP) is 13.7. The van der Waals surface area contributed by atoms with Gasteiger partial charge in [0.25, 0.3) is 0 Å². The van der Waals surface area contributed by atoms with Crippen LogP contribution < -0.4 is 4.74 Å². The summed E-state index contributed by atoms with van der Waals surface area (Å²) >= 11 is 0. The van der Waals surface area contributed by atoms with Crippen molar-refractivity contribution in [3.8, 4) is 16.9 Å². The number of benzene rings is 7. The van der Waals surface area contributed by atoms with Crippen LogP contribution in [0.15, 0.2) is 196 Å². The van der Waals surface area contributed by atoms with Gasteiger partial charge in [0.05, 0.1) is 0 Å². The fourth-order valence-electron chi connectivity index (χ4n) is 7.80. The minimum Gasteiger partial charge on any atom is -0.472 e. The molecule has 0 unspecified atom stereocenters. The van der Waals surface area contributed by atoms with Crippen LogP contribution in [0.4, 0.5) is 0 Å². The van der Waals surface area contributed by atoms with E-state index in [2.05, 4.69) is 198 Å². The van der Waals surface area contributed by atoms with E-state index in [0.29, 0.717) is 0 Å². The molecule has 7 aromatic carbocycles. The second-order valence-electron chi connectivity index (χ2n) is 13.3. The van der Waals surface area contributed by atoms with Crippen LogP contribution in [0, 0.1) is 0 Å².